The number of carbonyl (C=O) groups excluding carboxylic acids is 1. The van der Waals surface area contributed by atoms with Crippen molar-refractivity contribution in [3.8, 4) is 0 Å². The summed E-state index contributed by atoms with van der Waals surface area (Å²) in [6.45, 7) is 6.54. The minimum atomic E-state index is 0.0184. The summed E-state index contributed by atoms with van der Waals surface area (Å²) in [6.07, 6.45) is 3.08. The van der Waals surface area contributed by atoms with Crippen LogP contribution in [-0.4, -0.2) is 37.3 Å². The lowest BCUT2D eigenvalue weighted by atomic mass is 10.0. The maximum Gasteiger partial charge on any atom is 0.224 e. The number of aliphatic hydroxyl groups is 1. The molecule has 0 radical (unpaired) electrons. The number of hydrogen-bond acceptors (Lipinski definition) is 3. The Balaban J connectivity index is 2.19. The SMILES string of the molecule is CCNCC(C)C(=O)NCC1(CCO)CC1. The highest BCUT2D eigenvalue weighted by Gasteiger charge is 2.41. The van der Waals surface area contributed by atoms with Gasteiger partial charge in [0.25, 0.3) is 0 Å². The molecular formula is C12H24N2O2. The Morgan fingerprint density at radius 2 is 2.19 bits per heavy atom. The summed E-state index contributed by atoms with van der Waals surface area (Å²) < 4.78 is 0. The van der Waals surface area contributed by atoms with E-state index in [0.29, 0.717) is 0 Å². The van der Waals surface area contributed by atoms with Gasteiger partial charge < -0.3 is 15.7 Å². The molecule has 0 saturated heterocycles. The van der Waals surface area contributed by atoms with Crippen LogP contribution < -0.4 is 10.6 Å². The summed E-state index contributed by atoms with van der Waals surface area (Å²) in [7, 11) is 0. The van der Waals surface area contributed by atoms with Crippen LogP contribution in [0.5, 0.6) is 0 Å². The number of aliphatic hydroxyl groups excluding tert-OH is 1. The van der Waals surface area contributed by atoms with Crippen LogP contribution in [0.4, 0.5) is 0 Å². The van der Waals surface area contributed by atoms with Gasteiger partial charge in [0.05, 0.1) is 0 Å². The maximum atomic E-state index is 11.7. The number of hydrogen-bond donors (Lipinski definition) is 3. The molecule has 1 atom stereocenters. The Labute approximate surface area is 97.8 Å². The largest absolute Gasteiger partial charge is 0.396 e. The van der Waals surface area contributed by atoms with Crippen LogP contribution in [0.15, 0.2) is 0 Å². The van der Waals surface area contributed by atoms with Gasteiger partial charge in [-0.1, -0.05) is 13.8 Å². The van der Waals surface area contributed by atoms with Crippen LogP contribution in [0.2, 0.25) is 0 Å². The van der Waals surface area contributed by atoms with E-state index in [1.165, 1.54) is 0 Å². The first-order valence-corrected chi connectivity index (χ1v) is 6.23. The van der Waals surface area contributed by atoms with Crippen LogP contribution >= 0.6 is 0 Å². The fourth-order valence-corrected chi connectivity index (χ4v) is 1.83. The third-order valence-electron chi connectivity index (χ3n) is 3.38. The number of amides is 1. The second kappa shape index (κ2) is 6.21. The van der Waals surface area contributed by atoms with Gasteiger partial charge >= 0.3 is 0 Å². The van der Waals surface area contributed by atoms with E-state index in [9.17, 15) is 4.79 Å². The summed E-state index contributed by atoms with van der Waals surface area (Å²) in [5, 5.41) is 15.1. The lowest BCUT2D eigenvalue weighted by molar-refractivity contribution is -0.124. The fourth-order valence-electron chi connectivity index (χ4n) is 1.83. The molecule has 1 unspecified atom stereocenters. The molecule has 1 amide bonds. The van der Waals surface area contributed by atoms with Gasteiger partial charge in [-0.2, -0.15) is 0 Å². The molecule has 16 heavy (non-hydrogen) atoms. The van der Waals surface area contributed by atoms with Crippen molar-refractivity contribution < 1.29 is 9.90 Å². The molecule has 4 nitrogen and oxygen atoms in total. The third-order valence-corrected chi connectivity index (χ3v) is 3.38. The van der Waals surface area contributed by atoms with Crippen molar-refractivity contribution in [3.05, 3.63) is 0 Å². The number of nitrogens with one attached hydrogen (secondary N) is 2. The Kier molecular flexibility index (Phi) is 5.22. The fraction of sp³-hybridized carbons (Fsp3) is 0.917. The van der Waals surface area contributed by atoms with Gasteiger partial charge in [0.15, 0.2) is 0 Å². The van der Waals surface area contributed by atoms with E-state index in [4.69, 9.17) is 5.11 Å². The minimum Gasteiger partial charge on any atom is -0.396 e. The van der Waals surface area contributed by atoms with Gasteiger partial charge in [0.1, 0.15) is 0 Å². The van der Waals surface area contributed by atoms with Crippen LogP contribution in [0.25, 0.3) is 0 Å². The summed E-state index contributed by atoms with van der Waals surface area (Å²) in [4.78, 5) is 11.7. The molecule has 0 heterocycles. The van der Waals surface area contributed by atoms with Crippen molar-refractivity contribution in [2.45, 2.75) is 33.1 Å². The predicted molar refractivity (Wildman–Crippen MR) is 64.1 cm³/mol. The Morgan fingerprint density at radius 1 is 1.50 bits per heavy atom. The predicted octanol–water partition coefficient (Wildman–Crippen LogP) is 0.511. The summed E-state index contributed by atoms with van der Waals surface area (Å²) >= 11 is 0. The van der Waals surface area contributed by atoms with E-state index in [1.54, 1.807) is 0 Å². The first kappa shape index (κ1) is 13.5. The average Bonchev–Trinajstić information content (AvgIpc) is 3.03. The van der Waals surface area contributed by atoms with Crippen LogP contribution in [-0.2, 0) is 4.79 Å². The molecule has 0 bridgehead atoms. The zero-order valence-corrected chi connectivity index (χ0v) is 10.4. The van der Waals surface area contributed by atoms with Crippen LogP contribution in [0.3, 0.4) is 0 Å². The topological polar surface area (TPSA) is 61.4 Å². The van der Waals surface area contributed by atoms with Gasteiger partial charge in [-0.05, 0) is 31.2 Å². The first-order valence-electron chi connectivity index (χ1n) is 6.23. The molecule has 1 fully saturated rings. The van der Waals surface area contributed by atoms with Crippen molar-refractivity contribution in [1.82, 2.24) is 10.6 Å². The van der Waals surface area contributed by atoms with Gasteiger partial charge in [-0.15, -0.1) is 0 Å². The van der Waals surface area contributed by atoms with Crippen LogP contribution in [0, 0.1) is 11.3 Å². The van der Waals surface area contributed by atoms with Gasteiger partial charge in [-0.25, -0.2) is 0 Å². The molecule has 0 aromatic carbocycles. The average molecular weight is 228 g/mol. The molecule has 0 aromatic heterocycles. The molecule has 0 spiro atoms. The van der Waals surface area contributed by atoms with E-state index in [0.717, 1.165) is 38.9 Å². The monoisotopic (exact) mass is 228 g/mol. The van der Waals surface area contributed by atoms with Gasteiger partial charge in [0, 0.05) is 25.6 Å². The normalized spacial score (nSPS) is 19.2. The van der Waals surface area contributed by atoms with Gasteiger partial charge in [0.2, 0.25) is 5.91 Å². The van der Waals surface area contributed by atoms with Gasteiger partial charge in [-0.3, -0.25) is 4.79 Å². The first-order chi connectivity index (χ1) is 7.63. The number of rotatable bonds is 8. The molecular weight excluding hydrogens is 204 g/mol. The summed E-state index contributed by atoms with van der Waals surface area (Å²) in [6, 6.07) is 0. The maximum absolute atomic E-state index is 11.7. The molecule has 94 valence electrons. The molecule has 0 aliphatic heterocycles. The molecule has 1 aliphatic rings. The number of carbonyl (C=O) groups is 1. The van der Waals surface area contributed by atoms with E-state index in [2.05, 4.69) is 10.6 Å². The van der Waals surface area contributed by atoms with Crippen molar-refractivity contribution >= 4 is 5.91 Å². The van der Waals surface area contributed by atoms with E-state index >= 15 is 0 Å². The zero-order valence-electron chi connectivity index (χ0n) is 10.4. The zero-order chi connectivity index (χ0) is 12.0. The molecule has 3 N–H and O–H groups in total. The molecule has 1 saturated carbocycles. The molecule has 4 heteroatoms. The van der Waals surface area contributed by atoms with Crippen molar-refractivity contribution in [2.75, 3.05) is 26.2 Å². The second-order valence-electron chi connectivity index (χ2n) is 4.90. The van der Waals surface area contributed by atoms with Crippen molar-refractivity contribution in [1.29, 1.82) is 0 Å². The van der Waals surface area contributed by atoms with E-state index in [1.807, 2.05) is 13.8 Å². The summed E-state index contributed by atoms with van der Waals surface area (Å²) in [5.41, 5.74) is 0.211. The lowest BCUT2D eigenvalue weighted by Crippen LogP contribution is -2.38. The lowest BCUT2D eigenvalue weighted by Gasteiger charge is -2.17. The van der Waals surface area contributed by atoms with Crippen molar-refractivity contribution in [3.63, 3.8) is 0 Å². The standard InChI is InChI=1S/C12H24N2O2/c1-3-13-8-10(2)11(16)14-9-12(4-5-12)6-7-15/h10,13,15H,3-9H2,1-2H3,(H,14,16). The molecule has 1 rings (SSSR count). The van der Waals surface area contributed by atoms with Crippen molar-refractivity contribution in [2.24, 2.45) is 11.3 Å². The Morgan fingerprint density at radius 3 is 2.69 bits per heavy atom. The van der Waals surface area contributed by atoms with E-state index < -0.39 is 0 Å². The summed E-state index contributed by atoms with van der Waals surface area (Å²) in [5.74, 6) is 0.134. The quantitative estimate of drug-likeness (QED) is 0.567. The van der Waals surface area contributed by atoms with Crippen LogP contribution in [0.1, 0.15) is 33.1 Å². The Hall–Kier alpha value is -0.610. The highest BCUT2D eigenvalue weighted by molar-refractivity contribution is 5.78. The minimum absolute atomic E-state index is 0.0184. The second-order valence-corrected chi connectivity index (χ2v) is 4.90. The third kappa shape index (κ3) is 4.10. The smallest absolute Gasteiger partial charge is 0.224 e. The molecule has 0 aromatic rings. The highest BCUT2D eigenvalue weighted by Crippen LogP contribution is 2.47. The molecule has 1 aliphatic carbocycles. The highest BCUT2D eigenvalue weighted by atomic mass is 16.3. The van der Waals surface area contributed by atoms with E-state index in [-0.39, 0.29) is 23.8 Å². The Bertz CT molecular complexity index is 227.